The molecule has 1 unspecified atom stereocenters. The van der Waals surface area contributed by atoms with E-state index < -0.39 is 23.5 Å². The first-order valence-electron chi connectivity index (χ1n) is 4.84. The number of nitrogens with one attached hydrogen (secondary N) is 1. The van der Waals surface area contributed by atoms with Crippen molar-refractivity contribution in [1.29, 1.82) is 0 Å². The maximum Gasteiger partial charge on any atom is 0.471 e. The van der Waals surface area contributed by atoms with Crippen LogP contribution in [0.1, 0.15) is 34.6 Å². The summed E-state index contributed by atoms with van der Waals surface area (Å²) in [4.78, 5) is 10.8. The molecule has 0 aromatic heterocycles. The molecule has 1 amide bonds. The normalized spacial score (nSPS) is 15.3. The van der Waals surface area contributed by atoms with Crippen LogP contribution >= 0.6 is 0 Å². The van der Waals surface area contributed by atoms with Crippen LogP contribution in [-0.2, 0) is 4.79 Å². The lowest BCUT2D eigenvalue weighted by molar-refractivity contribution is -0.175. The van der Waals surface area contributed by atoms with Gasteiger partial charge in [-0.2, -0.15) is 13.2 Å². The van der Waals surface area contributed by atoms with E-state index in [-0.39, 0.29) is 5.92 Å². The minimum Gasteiger partial charge on any atom is -0.345 e. The molecule has 15 heavy (non-hydrogen) atoms. The maximum absolute atomic E-state index is 12.0. The zero-order chi connectivity index (χ0) is 12.4. The SMILES string of the molecule is CC(C)C(NC(=O)C(F)(F)F)C(C)(C)C. The fourth-order valence-electron chi connectivity index (χ4n) is 1.61. The van der Waals surface area contributed by atoms with E-state index in [0.29, 0.717) is 0 Å². The molecular weight excluding hydrogens is 207 g/mol. The van der Waals surface area contributed by atoms with Gasteiger partial charge in [0.25, 0.3) is 0 Å². The van der Waals surface area contributed by atoms with Crippen molar-refractivity contribution in [3.63, 3.8) is 0 Å². The molecule has 0 rings (SSSR count). The highest BCUT2D eigenvalue weighted by molar-refractivity contribution is 5.82. The van der Waals surface area contributed by atoms with Gasteiger partial charge in [0.05, 0.1) is 0 Å². The Hall–Kier alpha value is -0.740. The van der Waals surface area contributed by atoms with Crippen molar-refractivity contribution in [2.24, 2.45) is 11.3 Å². The Bertz CT molecular complexity index is 228. The molecule has 0 fully saturated rings. The zero-order valence-electron chi connectivity index (χ0n) is 9.70. The van der Waals surface area contributed by atoms with E-state index in [9.17, 15) is 18.0 Å². The lowest BCUT2D eigenvalue weighted by Gasteiger charge is -2.34. The molecule has 0 radical (unpaired) electrons. The second-order valence-corrected chi connectivity index (χ2v) is 5.06. The first-order valence-corrected chi connectivity index (χ1v) is 4.84. The third kappa shape index (κ3) is 4.53. The summed E-state index contributed by atoms with van der Waals surface area (Å²) in [6.45, 7) is 8.97. The van der Waals surface area contributed by atoms with E-state index in [1.807, 2.05) is 5.32 Å². The van der Waals surface area contributed by atoms with Crippen molar-refractivity contribution in [2.45, 2.75) is 46.8 Å². The van der Waals surface area contributed by atoms with E-state index in [4.69, 9.17) is 0 Å². The van der Waals surface area contributed by atoms with E-state index >= 15 is 0 Å². The number of hydrogen-bond acceptors (Lipinski definition) is 1. The number of amides is 1. The Kier molecular flexibility index (Phi) is 4.19. The summed E-state index contributed by atoms with van der Waals surface area (Å²) in [7, 11) is 0. The van der Waals surface area contributed by atoms with Crippen LogP contribution in [0.25, 0.3) is 0 Å². The second-order valence-electron chi connectivity index (χ2n) is 5.06. The Morgan fingerprint density at radius 1 is 1.13 bits per heavy atom. The average molecular weight is 225 g/mol. The molecule has 0 saturated carbocycles. The molecule has 90 valence electrons. The van der Waals surface area contributed by atoms with Crippen LogP contribution in [0.3, 0.4) is 0 Å². The lowest BCUT2D eigenvalue weighted by Crippen LogP contribution is -2.51. The minimum atomic E-state index is -4.81. The molecule has 0 aliphatic heterocycles. The number of rotatable bonds is 2. The van der Waals surface area contributed by atoms with E-state index in [1.54, 1.807) is 34.6 Å². The molecular formula is C10H18F3NO. The predicted molar refractivity (Wildman–Crippen MR) is 52.3 cm³/mol. The summed E-state index contributed by atoms with van der Waals surface area (Å²) in [5, 5.41) is 2.03. The van der Waals surface area contributed by atoms with Crippen LogP contribution in [0.15, 0.2) is 0 Å². The van der Waals surface area contributed by atoms with Crippen molar-refractivity contribution in [3.8, 4) is 0 Å². The highest BCUT2D eigenvalue weighted by Crippen LogP contribution is 2.26. The van der Waals surface area contributed by atoms with Gasteiger partial charge in [-0.15, -0.1) is 0 Å². The Morgan fingerprint density at radius 3 is 1.73 bits per heavy atom. The molecule has 1 atom stereocenters. The first-order chi connectivity index (χ1) is 6.46. The first kappa shape index (κ1) is 14.3. The summed E-state index contributed by atoms with van der Waals surface area (Å²) < 4.78 is 36.1. The summed E-state index contributed by atoms with van der Waals surface area (Å²) in [6, 6.07) is -0.494. The Labute approximate surface area is 88.2 Å². The molecule has 0 heterocycles. The fourth-order valence-corrected chi connectivity index (χ4v) is 1.61. The van der Waals surface area contributed by atoms with Gasteiger partial charge < -0.3 is 5.32 Å². The van der Waals surface area contributed by atoms with Gasteiger partial charge in [-0.05, 0) is 11.3 Å². The quantitative estimate of drug-likeness (QED) is 0.769. The Balaban J connectivity index is 4.66. The molecule has 0 aromatic rings. The number of carbonyl (C=O) groups excluding carboxylic acids is 1. The average Bonchev–Trinajstić information content (AvgIpc) is 1.94. The molecule has 0 spiro atoms. The molecule has 1 N–H and O–H groups in total. The van der Waals surface area contributed by atoms with Gasteiger partial charge in [-0.25, -0.2) is 0 Å². The minimum absolute atomic E-state index is 0.0451. The largest absolute Gasteiger partial charge is 0.471 e. The summed E-state index contributed by atoms with van der Waals surface area (Å²) >= 11 is 0. The van der Waals surface area contributed by atoms with Crippen LogP contribution < -0.4 is 5.32 Å². The molecule has 2 nitrogen and oxygen atoms in total. The van der Waals surface area contributed by atoms with E-state index in [0.717, 1.165) is 0 Å². The van der Waals surface area contributed by atoms with Gasteiger partial charge in [0.1, 0.15) is 0 Å². The van der Waals surface area contributed by atoms with Crippen molar-refractivity contribution in [3.05, 3.63) is 0 Å². The topological polar surface area (TPSA) is 29.1 Å². The molecule has 5 heteroatoms. The standard InChI is InChI=1S/C10H18F3NO/c1-6(2)7(9(3,4)5)14-8(15)10(11,12)13/h6-7H,1-5H3,(H,14,15). The van der Waals surface area contributed by atoms with Crippen molar-refractivity contribution in [1.82, 2.24) is 5.32 Å². The van der Waals surface area contributed by atoms with Gasteiger partial charge in [0.2, 0.25) is 0 Å². The number of carbonyl (C=O) groups is 1. The summed E-state index contributed by atoms with van der Waals surface area (Å²) in [5.41, 5.74) is -0.394. The van der Waals surface area contributed by atoms with Crippen LogP contribution in [0, 0.1) is 11.3 Å². The van der Waals surface area contributed by atoms with Crippen LogP contribution in [0.2, 0.25) is 0 Å². The predicted octanol–water partition coefficient (Wildman–Crippen LogP) is 2.74. The zero-order valence-corrected chi connectivity index (χ0v) is 9.70. The van der Waals surface area contributed by atoms with Crippen LogP contribution in [-0.4, -0.2) is 18.1 Å². The van der Waals surface area contributed by atoms with E-state index in [1.165, 1.54) is 0 Å². The third-order valence-corrected chi connectivity index (χ3v) is 2.14. The molecule has 0 bridgehead atoms. The van der Waals surface area contributed by atoms with Gasteiger partial charge in [0.15, 0.2) is 0 Å². The highest BCUT2D eigenvalue weighted by Gasteiger charge is 2.42. The van der Waals surface area contributed by atoms with Crippen molar-refractivity contribution in [2.75, 3.05) is 0 Å². The van der Waals surface area contributed by atoms with Gasteiger partial charge >= 0.3 is 12.1 Å². The lowest BCUT2D eigenvalue weighted by atomic mass is 9.80. The molecule has 0 aliphatic rings. The van der Waals surface area contributed by atoms with Crippen molar-refractivity contribution < 1.29 is 18.0 Å². The Morgan fingerprint density at radius 2 is 1.53 bits per heavy atom. The second kappa shape index (κ2) is 4.41. The smallest absolute Gasteiger partial charge is 0.345 e. The number of hydrogen-bond donors (Lipinski definition) is 1. The monoisotopic (exact) mass is 225 g/mol. The summed E-state index contributed by atoms with van der Waals surface area (Å²) in [6.07, 6.45) is -4.81. The molecule has 0 saturated heterocycles. The molecule has 0 aromatic carbocycles. The van der Waals surface area contributed by atoms with Crippen molar-refractivity contribution >= 4 is 5.91 Å². The van der Waals surface area contributed by atoms with Gasteiger partial charge in [-0.1, -0.05) is 34.6 Å². The molecule has 0 aliphatic carbocycles. The summed E-state index contributed by atoms with van der Waals surface area (Å²) in [5.74, 6) is -1.91. The van der Waals surface area contributed by atoms with Crippen LogP contribution in [0.4, 0.5) is 13.2 Å². The third-order valence-electron chi connectivity index (χ3n) is 2.14. The highest BCUT2D eigenvalue weighted by atomic mass is 19.4. The number of halogens is 3. The van der Waals surface area contributed by atoms with E-state index in [2.05, 4.69) is 0 Å². The van der Waals surface area contributed by atoms with Gasteiger partial charge in [-0.3, -0.25) is 4.79 Å². The fraction of sp³-hybridized carbons (Fsp3) is 0.900. The van der Waals surface area contributed by atoms with Gasteiger partial charge in [0, 0.05) is 6.04 Å². The number of alkyl halides is 3. The van der Waals surface area contributed by atoms with Crippen LogP contribution in [0.5, 0.6) is 0 Å². The maximum atomic E-state index is 12.0.